The molecule has 0 aliphatic heterocycles. The van der Waals surface area contributed by atoms with E-state index in [1.807, 2.05) is 89.6 Å². The van der Waals surface area contributed by atoms with Crippen LogP contribution in [-0.4, -0.2) is 21.4 Å². The second-order valence-corrected chi connectivity index (χ2v) is 6.24. The summed E-state index contributed by atoms with van der Waals surface area (Å²) in [6.07, 6.45) is 3.32. The summed E-state index contributed by atoms with van der Waals surface area (Å²) in [6, 6.07) is 22.8. The third kappa shape index (κ3) is 3.82. The number of ether oxygens (including phenoxy) is 1. The Morgan fingerprint density at radius 1 is 1.04 bits per heavy atom. The van der Waals surface area contributed by atoms with Crippen LogP contribution in [-0.2, 0) is 4.79 Å². The van der Waals surface area contributed by atoms with Crippen LogP contribution in [0, 0.1) is 0 Å². The molecule has 0 radical (unpaired) electrons. The maximum Gasteiger partial charge on any atom is 0.265 e. The van der Waals surface area contributed by atoms with Crippen LogP contribution in [0.2, 0.25) is 0 Å². The molecule has 0 aliphatic carbocycles. The molecule has 27 heavy (non-hydrogen) atoms. The Kier molecular flexibility index (Phi) is 4.58. The number of amides is 1. The van der Waals surface area contributed by atoms with Crippen molar-refractivity contribution >= 4 is 17.2 Å². The van der Waals surface area contributed by atoms with E-state index in [0.29, 0.717) is 11.4 Å². The number of anilines is 1. The summed E-state index contributed by atoms with van der Waals surface area (Å²) in [5.74, 6) is 0.463. The van der Waals surface area contributed by atoms with Gasteiger partial charge in [-0.15, -0.1) is 0 Å². The van der Waals surface area contributed by atoms with Crippen LogP contribution in [0.15, 0.2) is 85.2 Å². The highest BCUT2D eigenvalue weighted by atomic mass is 16.5. The summed E-state index contributed by atoms with van der Waals surface area (Å²) in [5.41, 5.74) is 3.38. The molecule has 2 heterocycles. The minimum atomic E-state index is -0.605. The number of nitrogens with one attached hydrogen (secondary N) is 1. The van der Waals surface area contributed by atoms with Gasteiger partial charge in [-0.1, -0.05) is 36.4 Å². The number of imidazole rings is 1. The second-order valence-electron chi connectivity index (χ2n) is 6.24. The highest BCUT2D eigenvalue weighted by Crippen LogP contribution is 2.23. The first kappa shape index (κ1) is 16.8. The molecule has 1 atom stereocenters. The average Bonchev–Trinajstić information content (AvgIpc) is 3.13. The normalized spacial score (nSPS) is 11.9. The van der Waals surface area contributed by atoms with E-state index in [4.69, 9.17) is 4.74 Å². The Morgan fingerprint density at radius 2 is 1.85 bits per heavy atom. The fraction of sp³-hybridized carbons (Fsp3) is 0.0909. The number of pyridine rings is 1. The first-order valence-corrected chi connectivity index (χ1v) is 8.76. The number of hydrogen-bond donors (Lipinski definition) is 1. The lowest BCUT2D eigenvalue weighted by Crippen LogP contribution is -2.30. The van der Waals surface area contributed by atoms with Gasteiger partial charge in [0.2, 0.25) is 0 Å². The molecule has 0 spiro atoms. The lowest BCUT2D eigenvalue weighted by molar-refractivity contribution is -0.122. The number of para-hydroxylation sites is 1. The van der Waals surface area contributed by atoms with Gasteiger partial charge >= 0.3 is 0 Å². The van der Waals surface area contributed by atoms with Crippen molar-refractivity contribution in [3.8, 4) is 17.0 Å². The summed E-state index contributed by atoms with van der Waals surface area (Å²) in [4.78, 5) is 17.1. The van der Waals surface area contributed by atoms with Crippen LogP contribution in [0.1, 0.15) is 6.92 Å². The summed E-state index contributed by atoms with van der Waals surface area (Å²) in [5, 5.41) is 2.91. The quantitative estimate of drug-likeness (QED) is 0.576. The fourth-order valence-corrected chi connectivity index (χ4v) is 2.83. The number of benzene rings is 2. The monoisotopic (exact) mass is 357 g/mol. The van der Waals surface area contributed by atoms with Crippen molar-refractivity contribution in [1.29, 1.82) is 0 Å². The molecule has 4 aromatic rings. The van der Waals surface area contributed by atoms with Gasteiger partial charge in [0, 0.05) is 23.6 Å². The van der Waals surface area contributed by atoms with Gasteiger partial charge in [-0.2, -0.15) is 0 Å². The first-order valence-electron chi connectivity index (χ1n) is 8.76. The standard InChI is InChI=1S/C22H19N3O2/c1-16(27-19-10-3-2-4-11-19)22(26)23-18-9-7-8-17(14-18)20-15-25-13-6-5-12-21(25)24-20/h2-16H,1H3,(H,23,26)/t16-/m0/s1. The van der Waals surface area contributed by atoms with Gasteiger partial charge in [-0.3, -0.25) is 4.79 Å². The third-order valence-electron chi connectivity index (χ3n) is 4.22. The van der Waals surface area contributed by atoms with Crippen molar-refractivity contribution in [2.75, 3.05) is 5.32 Å². The zero-order valence-corrected chi connectivity index (χ0v) is 14.9. The lowest BCUT2D eigenvalue weighted by atomic mass is 10.1. The molecule has 0 bridgehead atoms. The molecule has 0 aliphatic rings. The number of aromatic nitrogens is 2. The van der Waals surface area contributed by atoms with Crippen LogP contribution in [0.25, 0.3) is 16.9 Å². The van der Waals surface area contributed by atoms with Crippen LogP contribution in [0.5, 0.6) is 5.75 Å². The SMILES string of the molecule is C[C@H](Oc1ccccc1)C(=O)Nc1cccc(-c2cn3ccccc3n2)c1. The third-order valence-corrected chi connectivity index (χ3v) is 4.22. The smallest absolute Gasteiger partial charge is 0.265 e. The Hall–Kier alpha value is -3.60. The molecular formula is C22H19N3O2. The highest BCUT2D eigenvalue weighted by Gasteiger charge is 2.15. The average molecular weight is 357 g/mol. The predicted molar refractivity (Wildman–Crippen MR) is 106 cm³/mol. The molecule has 4 rings (SSSR count). The molecule has 0 saturated heterocycles. The molecule has 2 aromatic carbocycles. The maximum absolute atomic E-state index is 12.4. The van der Waals surface area contributed by atoms with E-state index in [0.717, 1.165) is 16.9 Å². The zero-order chi connectivity index (χ0) is 18.6. The molecule has 1 amide bonds. The van der Waals surface area contributed by atoms with Gasteiger partial charge in [0.05, 0.1) is 5.69 Å². The van der Waals surface area contributed by atoms with Crippen molar-refractivity contribution in [1.82, 2.24) is 9.38 Å². The highest BCUT2D eigenvalue weighted by molar-refractivity contribution is 5.94. The molecule has 5 nitrogen and oxygen atoms in total. The summed E-state index contributed by atoms with van der Waals surface area (Å²) >= 11 is 0. The first-order chi connectivity index (χ1) is 13.2. The molecule has 0 saturated carbocycles. The summed E-state index contributed by atoms with van der Waals surface area (Å²) < 4.78 is 7.64. The van der Waals surface area contributed by atoms with Crippen molar-refractivity contribution in [2.45, 2.75) is 13.0 Å². The van der Waals surface area contributed by atoms with Gasteiger partial charge < -0.3 is 14.5 Å². The van der Waals surface area contributed by atoms with Crippen molar-refractivity contribution < 1.29 is 9.53 Å². The van der Waals surface area contributed by atoms with Gasteiger partial charge in [0.25, 0.3) is 5.91 Å². The largest absolute Gasteiger partial charge is 0.481 e. The van der Waals surface area contributed by atoms with E-state index in [9.17, 15) is 4.79 Å². The van der Waals surface area contributed by atoms with E-state index < -0.39 is 6.10 Å². The number of hydrogen-bond acceptors (Lipinski definition) is 3. The van der Waals surface area contributed by atoms with E-state index in [-0.39, 0.29) is 5.91 Å². The number of fused-ring (bicyclic) bond motifs is 1. The lowest BCUT2D eigenvalue weighted by Gasteiger charge is -2.15. The van der Waals surface area contributed by atoms with Crippen LogP contribution in [0.4, 0.5) is 5.69 Å². The summed E-state index contributed by atoms with van der Waals surface area (Å²) in [7, 11) is 0. The fourth-order valence-electron chi connectivity index (χ4n) is 2.83. The van der Waals surface area contributed by atoms with Crippen molar-refractivity contribution in [2.24, 2.45) is 0 Å². The van der Waals surface area contributed by atoms with Crippen molar-refractivity contribution in [3.05, 3.63) is 85.2 Å². The maximum atomic E-state index is 12.4. The molecule has 2 aromatic heterocycles. The number of nitrogens with zero attached hydrogens (tertiary/aromatic N) is 2. The summed E-state index contributed by atoms with van der Waals surface area (Å²) in [6.45, 7) is 1.73. The Bertz CT molecular complexity index is 1040. The second kappa shape index (κ2) is 7.33. The number of rotatable bonds is 5. The molecule has 134 valence electrons. The Balaban J connectivity index is 1.49. The van der Waals surface area contributed by atoms with Gasteiger partial charge in [0.15, 0.2) is 6.10 Å². The minimum absolute atomic E-state index is 0.203. The van der Waals surface area contributed by atoms with E-state index in [2.05, 4.69) is 10.3 Å². The number of carbonyl (C=O) groups is 1. The van der Waals surface area contributed by atoms with Gasteiger partial charge in [0.1, 0.15) is 11.4 Å². The molecule has 5 heteroatoms. The van der Waals surface area contributed by atoms with Crippen LogP contribution >= 0.6 is 0 Å². The van der Waals surface area contributed by atoms with Gasteiger partial charge in [-0.05, 0) is 43.3 Å². The molecule has 0 unspecified atom stereocenters. The number of carbonyl (C=O) groups excluding carboxylic acids is 1. The van der Waals surface area contributed by atoms with Crippen LogP contribution < -0.4 is 10.1 Å². The topological polar surface area (TPSA) is 55.6 Å². The minimum Gasteiger partial charge on any atom is -0.481 e. The van der Waals surface area contributed by atoms with E-state index in [1.54, 1.807) is 6.92 Å². The van der Waals surface area contributed by atoms with E-state index >= 15 is 0 Å². The Labute approximate surface area is 157 Å². The Morgan fingerprint density at radius 3 is 2.67 bits per heavy atom. The van der Waals surface area contributed by atoms with Crippen molar-refractivity contribution in [3.63, 3.8) is 0 Å². The predicted octanol–water partition coefficient (Wildman–Crippen LogP) is 4.41. The van der Waals surface area contributed by atoms with E-state index in [1.165, 1.54) is 0 Å². The van der Waals surface area contributed by atoms with Crippen LogP contribution in [0.3, 0.4) is 0 Å². The zero-order valence-electron chi connectivity index (χ0n) is 14.9. The van der Waals surface area contributed by atoms with Gasteiger partial charge in [-0.25, -0.2) is 4.98 Å². The molecule has 0 fully saturated rings. The molecule has 1 N–H and O–H groups in total. The molecular weight excluding hydrogens is 338 g/mol.